The van der Waals surface area contributed by atoms with Crippen LogP contribution in [0.4, 0.5) is 0 Å². The van der Waals surface area contributed by atoms with Crippen LogP contribution in [0.5, 0.6) is 0 Å². The molecule has 5 rings (SSSR count). The van der Waals surface area contributed by atoms with Crippen LogP contribution in [0.1, 0.15) is 21.8 Å². The normalized spacial score (nSPS) is 21.0. The quantitative estimate of drug-likeness (QED) is 0.648. The van der Waals surface area contributed by atoms with Gasteiger partial charge in [0.1, 0.15) is 0 Å². The Hall–Kier alpha value is -2.71. The summed E-state index contributed by atoms with van der Waals surface area (Å²) in [7, 11) is 2.14. The van der Waals surface area contributed by atoms with E-state index in [-0.39, 0.29) is 12.4 Å². The van der Waals surface area contributed by atoms with Crippen LogP contribution in [0.15, 0.2) is 30.3 Å². The van der Waals surface area contributed by atoms with Crippen LogP contribution >= 0.6 is 11.3 Å². The first-order valence-electron chi connectivity index (χ1n) is 9.15. The molecule has 2 atom stereocenters. The van der Waals surface area contributed by atoms with Gasteiger partial charge < -0.3 is 10.0 Å². The van der Waals surface area contributed by atoms with Crippen molar-refractivity contribution in [1.82, 2.24) is 20.0 Å². The molecule has 8 heteroatoms. The van der Waals surface area contributed by atoms with Crippen molar-refractivity contribution in [3.8, 4) is 10.4 Å². The lowest BCUT2D eigenvalue weighted by atomic mass is 10.1. The molecule has 0 aliphatic carbocycles. The number of H-pyrrole nitrogens is 1. The van der Waals surface area contributed by atoms with Crippen LogP contribution < -0.4 is 0 Å². The average Bonchev–Trinajstić information content (AvgIpc) is 3.44. The third-order valence-corrected chi connectivity index (χ3v) is 6.62. The Morgan fingerprint density at radius 1 is 1.29 bits per heavy atom. The minimum Gasteiger partial charge on any atom is -0.483 e. The number of carbonyl (C=O) groups excluding carboxylic acids is 1. The molecule has 1 aromatic carbocycles. The summed E-state index contributed by atoms with van der Waals surface area (Å²) in [4.78, 5) is 28.3. The van der Waals surface area contributed by atoms with Crippen LogP contribution in [-0.2, 0) is 4.79 Å². The molecule has 0 saturated carbocycles. The van der Waals surface area contributed by atoms with Crippen molar-refractivity contribution in [1.29, 1.82) is 0 Å². The monoisotopic (exact) mass is 398 g/mol. The van der Waals surface area contributed by atoms with Gasteiger partial charge in [-0.2, -0.15) is 5.10 Å². The highest BCUT2D eigenvalue weighted by molar-refractivity contribution is 7.15. The molecule has 28 heavy (non-hydrogen) atoms. The number of fused-ring (bicyclic) bond motifs is 3. The van der Waals surface area contributed by atoms with E-state index in [0.717, 1.165) is 36.0 Å². The smallest absolute Gasteiger partial charge is 0.290 e. The number of rotatable bonds is 2. The number of hydrogen-bond donors (Lipinski definition) is 2. The predicted octanol–water partition coefficient (Wildman–Crippen LogP) is 2.83. The fourth-order valence-corrected chi connectivity index (χ4v) is 5.04. The first-order chi connectivity index (χ1) is 13.5. The van der Waals surface area contributed by atoms with E-state index in [9.17, 15) is 4.79 Å². The Morgan fingerprint density at radius 3 is 2.68 bits per heavy atom. The Kier molecular flexibility index (Phi) is 4.91. The predicted molar refractivity (Wildman–Crippen MR) is 109 cm³/mol. The molecule has 0 unspecified atom stereocenters. The Morgan fingerprint density at radius 2 is 2.07 bits per heavy atom. The molecule has 2 aliphatic heterocycles. The maximum atomic E-state index is 13.0. The summed E-state index contributed by atoms with van der Waals surface area (Å²) in [6.45, 7) is 3.66. The SMILES string of the molecule is Cc1ccc(-c2ccc3c(C(=O)N4C[C@@H]5C[C@H]4CN5C)n[nH]c3c2)s1.O=CO. The molecule has 2 N–H and O–H groups in total. The van der Waals surface area contributed by atoms with Gasteiger partial charge in [-0.25, -0.2) is 0 Å². The number of hydrogen-bond acceptors (Lipinski definition) is 5. The Bertz CT molecular complexity index is 1030. The molecule has 2 saturated heterocycles. The number of carbonyl (C=O) groups is 2. The van der Waals surface area contributed by atoms with Gasteiger partial charge in [-0.05, 0) is 50.2 Å². The standard InChI is InChI=1S/C19H20N4OS.CH2O2/c1-11-3-6-17(25-11)12-4-5-15-16(7-12)20-21-18(15)19(24)23-10-13-8-14(23)9-22(13)2;2-1-3/h3-7,13-14H,8-10H2,1-2H3,(H,20,21);1H,(H,2,3)/t13-,14-;/m0./s1. The third-order valence-electron chi connectivity index (χ3n) is 5.57. The number of piperazine rings is 1. The number of likely N-dealkylation sites (tertiary alicyclic amines) is 2. The highest BCUT2D eigenvalue weighted by Gasteiger charge is 2.44. The minimum atomic E-state index is -0.250. The molecule has 2 aromatic heterocycles. The van der Waals surface area contributed by atoms with E-state index >= 15 is 0 Å². The first kappa shape index (κ1) is 18.6. The number of aromatic nitrogens is 2. The summed E-state index contributed by atoms with van der Waals surface area (Å²) in [6, 6.07) is 11.3. The van der Waals surface area contributed by atoms with Gasteiger partial charge >= 0.3 is 0 Å². The van der Waals surface area contributed by atoms with Crippen LogP contribution in [0.3, 0.4) is 0 Å². The van der Waals surface area contributed by atoms with Crippen molar-refractivity contribution < 1.29 is 14.7 Å². The zero-order valence-electron chi connectivity index (χ0n) is 15.8. The number of aryl methyl sites for hydroxylation is 1. The Labute approximate surface area is 166 Å². The molecule has 2 fully saturated rings. The molecular formula is C20H22N4O3S. The van der Waals surface area contributed by atoms with Crippen molar-refractivity contribution in [2.45, 2.75) is 25.4 Å². The maximum absolute atomic E-state index is 13.0. The molecule has 0 spiro atoms. The second-order valence-corrected chi connectivity index (χ2v) is 8.58. The number of nitrogens with one attached hydrogen (secondary N) is 1. The summed E-state index contributed by atoms with van der Waals surface area (Å²) < 4.78 is 0. The van der Waals surface area contributed by atoms with Crippen molar-refractivity contribution in [2.75, 3.05) is 20.1 Å². The van der Waals surface area contributed by atoms with E-state index in [1.54, 1.807) is 11.3 Å². The van der Waals surface area contributed by atoms with E-state index in [1.165, 1.54) is 9.75 Å². The van der Waals surface area contributed by atoms with Crippen LogP contribution in [0, 0.1) is 6.92 Å². The molecule has 2 bridgehead atoms. The van der Waals surface area contributed by atoms with E-state index in [2.05, 4.69) is 53.3 Å². The van der Waals surface area contributed by atoms with Crippen LogP contribution in [0.2, 0.25) is 0 Å². The minimum absolute atomic E-state index is 0.0616. The molecular weight excluding hydrogens is 376 g/mol. The zero-order chi connectivity index (χ0) is 19.8. The number of nitrogens with zero attached hydrogens (tertiary/aromatic N) is 3. The number of benzene rings is 1. The van der Waals surface area contributed by atoms with Gasteiger partial charge in [0.25, 0.3) is 12.4 Å². The van der Waals surface area contributed by atoms with E-state index in [4.69, 9.17) is 9.90 Å². The molecule has 4 heterocycles. The van der Waals surface area contributed by atoms with Crippen LogP contribution in [0.25, 0.3) is 21.3 Å². The topological polar surface area (TPSA) is 89.5 Å². The molecule has 2 aliphatic rings. The van der Waals surface area contributed by atoms with Crippen LogP contribution in [-0.4, -0.2) is 69.7 Å². The van der Waals surface area contributed by atoms with Gasteiger partial charge in [0.05, 0.1) is 5.52 Å². The van der Waals surface area contributed by atoms with Crippen molar-refractivity contribution in [2.24, 2.45) is 0 Å². The summed E-state index contributed by atoms with van der Waals surface area (Å²) in [5.74, 6) is 0.0616. The summed E-state index contributed by atoms with van der Waals surface area (Å²) >= 11 is 1.78. The largest absolute Gasteiger partial charge is 0.483 e. The molecule has 7 nitrogen and oxygen atoms in total. The second kappa shape index (κ2) is 7.37. The molecule has 146 valence electrons. The van der Waals surface area contributed by atoms with Gasteiger partial charge in [0.2, 0.25) is 0 Å². The summed E-state index contributed by atoms with van der Waals surface area (Å²) in [5, 5.41) is 15.2. The maximum Gasteiger partial charge on any atom is 0.290 e. The highest BCUT2D eigenvalue weighted by atomic mass is 32.1. The average molecular weight is 398 g/mol. The number of thiophene rings is 1. The lowest BCUT2D eigenvalue weighted by molar-refractivity contribution is -0.122. The lowest BCUT2D eigenvalue weighted by Crippen LogP contribution is -2.47. The number of carboxylic acid groups (broad SMARTS) is 1. The van der Waals surface area contributed by atoms with Crippen molar-refractivity contribution in [3.63, 3.8) is 0 Å². The van der Waals surface area contributed by atoms with Gasteiger partial charge in [-0.3, -0.25) is 19.6 Å². The van der Waals surface area contributed by atoms with Gasteiger partial charge in [0, 0.05) is 40.3 Å². The summed E-state index contributed by atoms with van der Waals surface area (Å²) in [6.07, 6.45) is 1.09. The lowest BCUT2D eigenvalue weighted by Gasteiger charge is -2.31. The number of likely N-dealkylation sites (N-methyl/N-ethyl adjacent to an activating group) is 1. The number of amides is 1. The molecule has 1 amide bonds. The zero-order valence-corrected chi connectivity index (χ0v) is 16.6. The van der Waals surface area contributed by atoms with Gasteiger partial charge in [0.15, 0.2) is 5.69 Å². The van der Waals surface area contributed by atoms with Crippen molar-refractivity contribution >= 4 is 34.6 Å². The summed E-state index contributed by atoms with van der Waals surface area (Å²) in [5.41, 5.74) is 2.64. The Balaban J connectivity index is 0.000000604. The van der Waals surface area contributed by atoms with Crippen molar-refractivity contribution in [3.05, 3.63) is 40.9 Å². The fourth-order valence-electron chi connectivity index (χ4n) is 4.18. The van der Waals surface area contributed by atoms with E-state index < -0.39 is 0 Å². The highest BCUT2D eigenvalue weighted by Crippen LogP contribution is 2.33. The molecule has 3 aromatic rings. The third kappa shape index (κ3) is 3.18. The van der Waals surface area contributed by atoms with Gasteiger partial charge in [-0.1, -0.05) is 6.07 Å². The van der Waals surface area contributed by atoms with Gasteiger partial charge in [-0.15, -0.1) is 11.3 Å². The molecule has 0 radical (unpaired) electrons. The first-order valence-corrected chi connectivity index (χ1v) is 9.97. The number of aromatic amines is 1. The van der Waals surface area contributed by atoms with E-state index in [0.29, 0.717) is 17.8 Å². The fraction of sp³-hybridized carbons (Fsp3) is 0.350. The second-order valence-electron chi connectivity index (χ2n) is 7.29. The van der Waals surface area contributed by atoms with E-state index in [1.807, 2.05) is 11.0 Å².